The van der Waals surface area contributed by atoms with Crippen LogP contribution in [0.15, 0.2) is 65.7 Å². The molecule has 2 rings (SSSR count). The van der Waals surface area contributed by atoms with E-state index in [2.05, 4.69) is 15.6 Å². The molecule has 0 aliphatic heterocycles. The maximum Gasteiger partial charge on any atom is 0.408 e. The second kappa shape index (κ2) is 13.4. The number of benzene rings is 2. The number of guanidine groups is 1. The first-order valence-corrected chi connectivity index (χ1v) is 10.4. The fraction of sp³-hybridized carbons (Fsp3) is 0.304. The molecule has 0 bridgehead atoms. The highest BCUT2D eigenvalue weighted by molar-refractivity contribution is 5.89. The van der Waals surface area contributed by atoms with Crippen molar-refractivity contribution in [1.82, 2.24) is 10.6 Å². The van der Waals surface area contributed by atoms with E-state index in [-0.39, 0.29) is 32.0 Å². The van der Waals surface area contributed by atoms with Crippen LogP contribution in [0.1, 0.15) is 24.0 Å². The van der Waals surface area contributed by atoms with Gasteiger partial charge >= 0.3 is 12.1 Å². The summed E-state index contributed by atoms with van der Waals surface area (Å²) in [6.07, 6.45) is -0.151. The smallest absolute Gasteiger partial charge is 0.408 e. The monoisotopic (exact) mass is 455 g/mol. The molecule has 0 aromatic heterocycles. The largest absolute Gasteiger partial charge is 0.480 e. The number of nitrogens with two attached hydrogens (primary N) is 2. The standard InChI is InChI=1S/C23H29N5O5/c24-22(25)26-13-7-12-18(21(30)31)27-20(29)19(14-16-8-3-1-4-9-16)28-23(32)33-15-17-10-5-2-6-11-17/h1-6,8-11,18-19H,7,12-15H2,(H,27,29)(H,28,32)(H,30,31)(H4,24,25,26)/t18-,19?/m0/s1. The lowest BCUT2D eigenvalue weighted by molar-refractivity contribution is -0.142. The summed E-state index contributed by atoms with van der Waals surface area (Å²) in [6.45, 7) is 0.272. The van der Waals surface area contributed by atoms with Gasteiger partial charge in [-0.3, -0.25) is 9.79 Å². The molecule has 10 nitrogen and oxygen atoms in total. The first-order valence-electron chi connectivity index (χ1n) is 10.4. The maximum absolute atomic E-state index is 12.9. The number of carbonyl (C=O) groups is 3. The van der Waals surface area contributed by atoms with Gasteiger partial charge in [-0.2, -0.15) is 0 Å². The predicted octanol–water partition coefficient (Wildman–Crippen LogP) is 1.15. The van der Waals surface area contributed by atoms with Crippen molar-refractivity contribution in [3.63, 3.8) is 0 Å². The minimum Gasteiger partial charge on any atom is -0.480 e. The fourth-order valence-corrected chi connectivity index (χ4v) is 3.00. The summed E-state index contributed by atoms with van der Waals surface area (Å²) in [5.41, 5.74) is 12.1. The maximum atomic E-state index is 12.9. The van der Waals surface area contributed by atoms with Crippen molar-refractivity contribution in [3.8, 4) is 0 Å². The first kappa shape index (κ1) is 25.2. The third kappa shape index (κ3) is 9.72. The molecular formula is C23H29N5O5. The van der Waals surface area contributed by atoms with E-state index in [4.69, 9.17) is 16.2 Å². The SMILES string of the molecule is NC(N)=NCCC[C@H](NC(=O)C(Cc1ccccc1)NC(=O)OCc1ccccc1)C(=O)O. The van der Waals surface area contributed by atoms with Gasteiger partial charge in [0.2, 0.25) is 5.91 Å². The van der Waals surface area contributed by atoms with Crippen LogP contribution in [-0.2, 0) is 27.4 Å². The van der Waals surface area contributed by atoms with Crippen molar-refractivity contribution in [3.05, 3.63) is 71.8 Å². The Labute approximate surface area is 192 Å². The molecule has 176 valence electrons. The summed E-state index contributed by atoms with van der Waals surface area (Å²) in [4.78, 5) is 40.7. The summed E-state index contributed by atoms with van der Waals surface area (Å²) < 4.78 is 5.22. The van der Waals surface area contributed by atoms with Crippen LogP contribution >= 0.6 is 0 Å². The number of aliphatic imine (C=N–C) groups is 1. The summed E-state index contributed by atoms with van der Waals surface area (Å²) in [5.74, 6) is -1.92. The predicted molar refractivity (Wildman–Crippen MR) is 123 cm³/mol. The van der Waals surface area contributed by atoms with Crippen molar-refractivity contribution in [1.29, 1.82) is 0 Å². The number of carboxylic acid groups (broad SMARTS) is 1. The number of carboxylic acids is 1. The summed E-state index contributed by atoms with van der Waals surface area (Å²) in [5, 5.41) is 14.5. The lowest BCUT2D eigenvalue weighted by Crippen LogP contribution is -2.52. The van der Waals surface area contributed by atoms with Gasteiger partial charge in [-0.25, -0.2) is 9.59 Å². The number of ether oxygens (including phenoxy) is 1. The van der Waals surface area contributed by atoms with E-state index in [0.717, 1.165) is 11.1 Å². The molecule has 33 heavy (non-hydrogen) atoms. The fourth-order valence-electron chi connectivity index (χ4n) is 3.00. The second-order valence-electron chi connectivity index (χ2n) is 7.30. The molecule has 0 spiro atoms. The van der Waals surface area contributed by atoms with Crippen molar-refractivity contribution in [2.24, 2.45) is 16.5 Å². The minimum atomic E-state index is -1.20. The Morgan fingerprint density at radius 2 is 1.52 bits per heavy atom. The molecule has 2 aromatic rings. The Bertz CT molecular complexity index is 933. The summed E-state index contributed by atoms with van der Waals surface area (Å²) >= 11 is 0. The average Bonchev–Trinajstić information content (AvgIpc) is 2.80. The van der Waals surface area contributed by atoms with Gasteiger partial charge in [0.05, 0.1) is 0 Å². The van der Waals surface area contributed by atoms with Crippen LogP contribution in [0.2, 0.25) is 0 Å². The zero-order chi connectivity index (χ0) is 24.1. The lowest BCUT2D eigenvalue weighted by Gasteiger charge is -2.21. The van der Waals surface area contributed by atoms with E-state index in [0.29, 0.717) is 6.42 Å². The zero-order valence-electron chi connectivity index (χ0n) is 18.1. The van der Waals surface area contributed by atoms with Gasteiger partial charge in [-0.05, 0) is 24.0 Å². The van der Waals surface area contributed by atoms with Gasteiger partial charge in [0.1, 0.15) is 18.7 Å². The highest BCUT2D eigenvalue weighted by atomic mass is 16.5. The van der Waals surface area contributed by atoms with Gasteiger partial charge < -0.3 is 31.9 Å². The van der Waals surface area contributed by atoms with Crippen LogP contribution < -0.4 is 22.1 Å². The molecular weight excluding hydrogens is 426 g/mol. The molecule has 0 saturated carbocycles. The normalized spacial score (nSPS) is 12.1. The van der Waals surface area contributed by atoms with E-state index in [9.17, 15) is 19.5 Å². The van der Waals surface area contributed by atoms with Crippen molar-refractivity contribution >= 4 is 23.9 Å². The van der Waals surface area contributed by atoms with E-state index in [1.54, 1.807) is 24.3 Å². The van der Waals surface area contributed by atoms with Crippen LogP contribution in [0.5, 0.6) is 0 Å². The van der Waals surface area contributed by atoms with Gasteiger partial charge in [0.15, 0.2) is 5.96 Å². The third-order valence-corrected chi connectivity index (χ3v) is 4.66. The molecule has 0 saturated heterocycles. The molecule has 10 heteroatoms. The average molecular weight is 456 g/mol. The number of rotatable bonds is 12. The number of aliphatic carboxylic acids is 1. The van der Waals surface area contributed by atoms with Gasteiger partial charge in [-0.15, -0.1) is 0 Å². The number of nitrogens with zero attached hydrogens (tertiary/aromatic N) is 1. The van der Waals surface area contributed by atoms with Gasteiger partial charge in [-0.1, -0.05) is 60.7 Å². The van der Waals surface area contributed by atoms with Crippen molar-refractivity contribution < 1.29 is 24.2 Å². The minimum absolute atomic E-state index is 0.0366. The molecule has 0 radical (unpaired) electrons. The highest BCUT2D eigenvalue weighted by Crippen LogP contribution is 2.07. The summed E-state index contributed by atoms with van der Waals surface area (Å²) in [7, 11) is 0. The molecule has 2 amide bonds. The van der Waals surface area contributed by atoms with Crippen molar-refractivity contribution in [2.45, 2.75) is 38.0 Å². The molecule has 0 heterocycles. The quantitative estimate of drug-likeness (QED) is 0.182. The molecule has 1 unspecified atom stereocenters. The van der Waals surface area contributed by atoms with Crippen LogP contribution in [0.4, 0.5) is 4.79 Å². The molecule has 0 aliphatic carbocycles. The zero-order valence-corrected chi connectivity index (χ0v) is 18.1. The Morgan fingerprint density at radius 3 is 2.09 bits per heavy atom. The molecule has 0 fully saturated rings. The Kier molecular flexibility index (Phi) is 10.2. The van der Waals surface area contributed by atoms with Crippen LogP contribution in [0.3, 0.4) is 0 Å². The van der Waals surface area contributed by atoms with E-state index in [1.807, 2.05) is 36.4 Å². The van der Waals surface area contributed by atoms with Gasteiger partial charge in [0.25, 0.3) is 0 Å². The number of amides is 2. The first-order chi connectivity index (χ1) is 15.8. The van der Waals surface area contributed by atoms with Crippen LogP contribution in [-0.4, -0.2) is 47.7 Å². The molecule has 2 aromatic carbocycles. The van der Waals surface area contributed by atoms with Gasteiger partial charge in [0, 0.05) is 13.0 Å². The number of nitrogens with one attached hydrogen (secondary N) is 2. The van der Waals surface area contributed by atoms with E-state index >= 15 is 0 Å². The Balaban J connectivity index is 2.02. The number of hydrogen-bond acceptors (Lipinski definition) is 5. The second-order valence-corrected chi connectivity index (χ2v) is 7.30. The number of carbonyl (C=O) groups excluding carboxylic acids is 2. The summed E-state index contributed by atoms with van der Waals surface area (Å²) in [6, 6.07) is 16.0. The third-order valence-electron chi connectivity index (χ3n) is 4.66. The highest BCUT2D eigenvalue weighted by Gasteiger charge is 2.27. The van der Waals surface area contributed by atoms with E-state index in [1.165, 1.54) is 0 Å². The van der Waals surface area contributed by atoms with Crippen LogP contribution in [0, 0.1) is 0 Å². The molecule has 7 N–H and O–H groups in total. The molecule has 0 aliphatic rings. The topological polar surface area (TPSA) is 169 Å². The van der Waals surface area contributed by atoms with Crippen LogP contribution in [0.25, 0.3) is 0 Å². The Morgan fingerprint density at radius 1 is 0.909 bits per heavy atom. The lowest BCUT2D eigenvalue weighted by atomic mass is 10.0. The number of alkyl carbamates (subject to hydrolysis) is 1. The Hall–Kier alpha value is -4.08. The molecule has 2 atom stereocenters. The number of hydrogen-bond donors (Lipinski definition) is 5. The van der Waals surface area contributed by atoms with Crippen molar-refractivity contribution in [2.75, 3.05) is 6.54 Å². The van der Waals surface area contributed by atoms with E-state index < -0.39 is 30.1 Å².